The van der Waals surface area contributed by atoms with Crippen LogP contribution in [0.4, 0.5) is 5.69 Å². The van der Waals surface area contributed by atoms with E-state index < -0.39 is 0 Å². The summed E-state index contributed by atoms with van der Waals surface area (Å²) in [5, 5.41) is 12.4. The summed E-state index contributed by atoms with van der Waals surface area (Å²) in [4.78, 5) is 13.4. The second kappa shape index (κ2) is 6.17. The summed E-state index contributed by atoms with van der Waals surface area (Å²) in [7, 11) is 0. The molecule has 2 unspecified atom stereocenters. The van der Waals surface area contributed by atoms with E-state index in [9.17, 15) is 9.90 Å². The van der Waals surface area contributed by atoms with Crippen LogP contribution in [-0.2, 0) is 11.3 Å². The lowest BCUT2D eigenvalue weighted by atomic mass is 10.0. The minimum absolute atomic E-state index is 0.0486. The second-order valence-corrected chi connectivity index (χ2v) is 5.41. The molecule has 0 spiro atoms. The normalized spacial score (nSPS) is 21.3. The van der Waals surface area contributed by atoms with E-state index >= 15 is 0 Å². The van der Waals surface area contributed by atoms with Gasteiger partial charge in [-0.15, -0.1) is 0 Å². The van der Waals surface area contributed by atoms with Crippen molar-refractivity contribution in [2.45, 2.75) is 32.9 Å². The molecule has 2 rings (SSSR count). The number of carbonyl (C=O) groups excluding carboxylic acids is 1. The Hall–Kier alpha value is -1.39. The first-order valence-electron chi connectivity index (χ1n) is 6.81. The fourth-order valence-electron chi connectivity index (χ4n) is 2.61. The first-order chi connectivity index (χ1) is 9.04. The largest absolute Gasteiger partial charge is 0.393 e. The molecule has 2 atom stereocenters. The van der Waals surface area contributed by atoms with Crippen LogP contribution < -0.4 is 5.32 Å². The molecule has 2 N–H and O–H groups in total. The molecule has 0 saturated carbocycles. The Labute approximate surface area is 114 Å². The van der Waals surface area contributed by atoms with Crippen molar-refractivity contribution in [2.75, 3.05) is 18.4 Å². The highest BCUT2D eigenvalue weighted by molar-refractivity contribution is 5.88. The molecule has 104 valence electrons. The van der Waals surface area contributed by atoms with Crippen LogP contribution in [0.1, 0.15) is 25.8 Å². The third-order valence-electron chi connectivity index (χ3n) is 3.64. The van der Waals surface area contributed by atoms with Crippen LogP contribution in [-0.4, -0.2) is 35.1 Å². The minimum atomic E-state index is -0.226. The van der Waals surface area contributed by atoms with Gasteiger partial charge in [-0.25, -0.2) is 0 Å². The number of nitrogens with zero attached hydrogens (tertiary/aromatic N) is 1. The Balaban J connectivity index is 1.94. The van der Waals surface area contributed by atoms with E-state index in [0.717, 1.165) is 31.7 Å². The molecule has 4 heteroatoms. The lowest BCUT2D eigenvalue weighted by molar-refractivity contribution is -0.114. The van der Waals surface area contributed by atoms with E-state index in [0.29, 0.717) is 5.92 Å². The molecule has 1 saturated heterocycles. The predicted molar refractivity (Wildman–Crippen MR) is 75.8 cm³/mol. The second-order valence-electron chi connectivity index (χ2n) is 5.41. The Bertz CT molecular complexity index is 446. The van der Waals surface area contributed by atoms with Crippen molar-refractivity contribution in [1.29, 1.82) is 0 Å². The highest BCUT2D eigenvalue weighted by Gasteiger charge is 2.25. The summed E-state index contributed by atoms with van der Waals surface area (Å²) < 4.78 is 0. The zero-order chi connectivity index (χ0) is 13.8. The number of aliphatic hydroxyl groups excluding tert-OH is 1. The van der Waals surface area contributed by atoms with Crippen LogP contribution in [0, 0.1) is 5.92 Å². The van der Waals surface area contributed by atoms with Crippen LogP contribution in [0.2, 0.25) is 0 Å². The number of aliphatic hydroxyl groups is 1. The van der Waals surface area contributed by atoms with E-state index in [1.165, 1.54) is 12.5 Å². The van der Waals surface area contributed by atoms with E-state index in [1.54, 1.807) is 0 Å². The Kier molecular flexibility index (Phi) is 4.56. The number of hydrogen-bond donors (Lipinski definition) is 2. The average Bonchev–Trinajstić information content (AvgIpc) is 2.77. The summed E-state index contributed by atoms with van der Waals surface area (Å²) in [6, 6.07) is 7.94. The summed E-state index contributed by atoms with van der Waals surface area (Å²) >= 11 is 0. The van der Waals surface area contributed by atoms with Gasteiger partial charge >= 0.3 is 0 Å². The number of carbonyl (C=O) groups is 1. The molecule has 19 heavy (non-hydrogen) atoms. The molecule has 0 radical (unpaired) electrons. The molecule has 0 aromatic heterocycles. The number of amides is 1. The van der Waals surface area contributed by atoms with Gasteiger partial charge in [0.2, 0.25) is 5.91 Å². The van der Waals surface area contributed by atoms with Gasteiger partial charge in [-0.3, -0.25) is 9.69 Å². The maximum absolute atomic E-state index is 11.0. The Morgan fingerprint density at radius 3 is 3.00 bits per heavy atom. The van der Waals surface area contributed by atoms with Crippen molar-refractivity contribution < 1.29 is 9.90 Å². The molecule has 1 aliphatic rings. The smallest absolute Gasteiger partial charge is 0.221 e. The van der Waals surface area contributed by atoms with Crippen molar-refractivity contribution in [3.8, 4) is 0 Å². The molecular formula is C15H22N2O2. The maximum Gasteiger partial charge on any atom is 0.221 e. The third-order valence-corrected chi connectivity index (χ3v) is 3.64. The molecule has 4 nitrogen and oxygen atoms in total. The molecule has 1 fully saturated rings. The fourth-order valence-corrected chi connectivity index (χ4v) is 2.61. The monoisotopic (exact) mass is 262 g/mol. The first-order valence-corrected chi connectivity index (χ1v) is 6.81. The zero-order valence-corrected chi connectivity index (χ0v) is 11.6. The highest BCUT2D eigenvalue weighted by Crippen LogP contribution is 2.22. The topological polar surface area (TPSA) is 52.6 Å². The van der Waals surface area contributed by atoms with E-state index in [4.69, 9.17) is 0 Å². The van der Waals surface area contributed by atoms with Gasteiger partial charge in [0.05, 0.1) is 6.10 Å². The Morgan fingerprint density at radius 2 is 2.37 bits per heavy atom. The number of rotatable bonds is 4. The molecule has 1 amide bonds. The summed E-state index contributed by atoms with van der Waals surface area (Å²) in [5.74, 6) is 0.339. The Morgan fingerprint density at radius 1 is 1.58 bits per heavy atom. The molecule has 0 aliphatic carbocycles. The van der Waals surface area contributed by atoms with Gasteiger partial charge in [0.1, 0.15) is 0 Å². The summed E-state index contributed by atoms with van der Waals surface area (Å²) in [6.45, 7) is 6.23. The van der Waals surface area contributed by atoms with Crippen LogP contribution in [0.25, 0.3) is 0 Å². The molecular weight excluding hydrogens is 240 g/mol. The van der Waals surface area contributed by atoms with Crippen LogP contribution >= 0.6 is 0 Å². The van der Waals surface area contributed by atoms with E-state index in [-0.39, 0.29) is 12.0 Å². The SMILES string of the molecule is CC(=O)Nc1cccc(CN2CCC(C(C)O)C2)c1. The molecule has 1 aromatic rings. The standard InChI is InChI=1S/C15H22N2O2/c1-11(18)14-6-7-17(10-14)9-13-4-3-5-15(8-13)16-12(2)19/h3-5,8,11,14,18H,6-7,9-10H2,1-2H3,(H,16,19). The number of anilines is 1. The van der Waals surface area contributed by atoms with Crippen molar-refractivity contribution in [3.63, 3.8) is 0 Å². The number of hydrogen-bond acceptors (Lipinski definition) is 3. The van der Waals surface area contributed by atoms with E-state index in [1.807, 2.05) is 25.1 Å². The number of likely N-dealkylation sites (tertiary alicyclic amines) is 1. The van der Waals surface area contributed by atoms with Gasteiger partial charge in [0.25, 0.3) is 0 Å². The molecule has 1 aromatic carbocycles. The van der Waals surface area contributed by atoms with E-state index in [2.05, 4.69) is 16.3 Å². The van der Waals surface area contributed by atoms with Gasteiger partial charge in [0.15, 0.2) is 0 Å². The lowest BCUT2D eigenvalue weighted by Gasteiger charge is -2.17. The van der Waals surface area contributed by atoms with Crippen molar-refractivity contribution in [2.24, 2.45) is 5.92 Å². The van der Waals surface area contributed by atoms with Gasteiger partial charge in [-0.05, 0) is 43.5 Å². The summed E-state index contributed by atoms with van der Waals surface area (Å²) in [5.41, 5.74) is 2.04. The van der Waals surface area contributed by atoms with Gasteiger partial charge < -0.3 is 10.4 Å². The lowest BCUT2D eigenvalue weighted by Crippen LogP contribution is -2.24. The zero-order valence-electron chi connectivity index (χ0n) is 11.6. The van der Waals surface area contributed by atoms with Crippen molar-refractivity contribution >= 4 is 11.6 Å². The van der Waals surface area contributed by atoms with Gasteiger partial charge in [-0.1, -0.05) is 12.1 Å². The molecule has 0 bridgehead atoms. The molecule has 1 aliphatic heterocycles. The third kappa shape index (κ3) is 4.04. The highest BCUT2D eigenvalue weighted by atomic mass is 16.3. The van der Waals surface area contributed by atoms with Crippen LogP contribution in [0.15, 0.2) is 24.3 Å². The van der Waals surface area contributed by atoms with Crippen molar-refractivity contribution in [1.82, 2.24) is 4.90 Å². The predicted octanol–water partition coefficient (Wildman–Crippen LogP) is 1.85. The quantitative estimate of drug-likeness (QED) is 0.870. The fraction of sp³-hybridized carbons (Fsp3) is 0.533. The number of benzene rings is 1. The first kappa shape index (κ1) is 14.0. The number of nitrogens with one attached hydrogen (secondary N) is 1. The summed E-state index contributed by atoms with van der Waals surface area (Å²) in [6.07, 6.45) is 0.832. The minimum Gasteiger partial charge on any atom is -0.393 e. The maximum atomic E-state index is 11.0. The van der Waals surface area contributed by atoms with Gasteiger partial charge in [0, 0.05) is 25.7 Å². The van der Waals surface area contributed by atoms with Crippen LogP contribution in [0.3, 0.4) is 0 Å². The average molecular weight is 262 g/mol. The van der Waals surface area contributed by atoms with Crippen molar-refractivity contribution in [3.05, 3.63) is 29.8 Å². The van der Waals surface area contributed by atoms with Gasteiger partial charge in [-0.2, -0.15) is 0 Å². The molecule has 1 heterocycles. The van der Waals surface area contributed by atoms with Crippen LogP contribution in [0.5, 0.6) is 0 Å².